The normalized spacial score (nSPS) is 31.8. The summed E-state index contributed by atoms with van der Waals surface area (Å²) in [5.74, 6) is -1.96. The third-order valence-corrected chi connectivity index (χ3v) is 5.42. The van der Waals surface area contributed by atoms with Gasteiger partial charge in [-0.2, -0.15) is 13.2 Å². The lowest BCUT2D eigenvalue weighted by Crippen LogP contribution is -2.49. The number of halogens is 3. The fourth-order valence-electron chi connectivity index (χ4n) is 3.79. The van der Waals surface area contributed by atoms with Crippen LogP contribution in [0.15, 0.2) is 0 Å². The van der Waals surface area contributed by atoms with Crippen molar-refractivity contribution in [1.82, 2.24) is 4.90 Å². The number of aliphatic carboxylic acids is 1. The van der Waals surface area contributed by atoms with Crippen LogP contribution in [0.25, 0.3) is 0 Å². The zero-order chi connectivity index (χ0) is 18.8. The van der Waals surface area contributed by atoms with E-state index in [4.69, 9.17) is 9.84 Å². The first-order valence-corrected chi connectivity index (χ1v) is 8.85. The van der Waals surface area contributed by atoms with Gasteiger partial charge in [-0.3, -0.25) is 9.59 Å². The molecule has 0 radical (unpaired) electrons. The Morgan fingerprint density at radius 2 is 2.04 bits per heavy atom. The van der Waals surface area contributed by atoms with Crippen LogP contribution in [0.2, 0.25) is 0 Å². The van der Waals surface area contributed by atoms with Crippen LogP contribution in [-0.4, -0.2) is 53.4 Å². The highest BCUT2D eigenvalue weighted by Crippen LogP contribution is 2.46. The van der Waals surface area contributed by atoms with E-state index in [0.29, 0.717) is 12.3 Å². The number of rotatable bonds is 5. The first kappa shape index (κ1) is 20.0. The molecule has 5 nitrogen and oxygen atoms in total. The molecule has 1 heterocycles. The molecule has 1 N–H and O–H groups in total. The number of ether oxygens (including phenoxy) is 1. The average molecular weight is 365 g/mol. The lowest BCUT2D eigenvalue weighted by atomic mass is 9.86. The van der Waals surface area contributed by atoms with Crippen molar-refractivity contribution < 1.29 is 32.6 Å². The number of nitrogens with zero attached hydrogens (tertiary/aromatic N) is 1. The van der Waals surface area contributed by atoms with Crippen molar-refractivity contribution in [3.05, 3.63) is 0 Å². The van der Waals surface area contributed by atoms with E-state index in [0.717, 1.165) is 30.6 Å². The van der Waals surface area contributed by atoms with E-state index in [1.54, 1.807) is 6.92 Å². The molecule has 1 aliphatic carbocycles. The molecule has 25 heavy (non-hydrogen) atoms. The molecule has 1 saturated carbocycles. The molecular formula is C17H26F3NO4. The molecule has 0 spiro atoms. The SMILES string of the molecule is CCC(OC1CCCC(C)C1)C(=O)N1CCC(C(=O)O)(C(F)(F)F)C1. The zero-order valence-electron chi connectivity index (χ0n) is 14.6. The van der Waals surface area contributed by atoms with Crippen LogP contribution < -0.4 is 0 Å². The molecule has 4 atom stereocenters. The van der Waals surface area contributed by atoms with Gasteiger partial charge in [0, 0.05) is 13.1 Å². The molecule has 1 amide bonds. The summed E-state index contributed by atoms with van der Waals surface area (Å²) in [6.07, 6.45) is -2.23. The Balaban J connectivity index is 2.05. The van der Waals surface area contributed by atoms with Gasteiger partial charge in [0.2, 0.25) is 0 Å². The number of alkyl halides is 3. The number of hydrogen-bond donors (Lipinski definition) is 1. The van der Waals surface area contributed by atoms with E-state index in [1.165, 1.54) is 0 Å². The van der Waals surface area contributed by atoms with Gasteiger partial charge in [-0.1, -0.05) is 26.7 Å². The summed E-state index contributed by atoms with van der Waals surface area (Å²) in [4.78, 5) is 24.9. The van der Waals surface area contributed by atoms with Crippen LogP contribution >= 0.6 is 0 Å². The third-order valence-electron chi connectivity index (χ3n) is 5.42. The molecular weight excluding hydrogens is 339 g/mol. The monoisotopic (exact) mass is 365 g/mol. The second kappa shape index (κ2) is 7.51. The first-order valence-electron chi connectivity index (χ1n) is 8.85. The third kappa shape index (κ3) is 4.10. The van der Waals surface area contributed by atoms with Crippen molar-refractivity contribution in [1.29, 1.82) is 0 Å². The van der Waals surface area contributed by atoms with Crippen LogP contribution in [0.3, 0.4) is 0 Å². The van der Waals surface area contributed by atoms with Crippen molar-refractivity contribution in [2.45, 2.75) is 70.8 Å². The van der Waals surface area contributed by atoms with Crippen molar-refractivity contribution in [3.8, 4) is 0 Å². The lowest BCUT2D eigenvalue weighted by molar-refractivity contribution is -0.227. The van der Waals surface area contributed by atoms with Gasteiger partial charge in [0.05, 0.1) is 6.10 Å². The van der Waals surface area contributed by atoms with Gasteiger partial charge in [0.25, 0.3) is 5.91 Å². The number of amides is 1. The Hall–Kier alpha value is -1.31. The lowest BCUT2D eigenvalue weighted by Gasteiger charge is -2.32. The number of hydrogen-bond acceptors (Lipinski definition) is 3. The van der Waals surface area contributed by atoms with E-state index in [1.807, 2.05) is 0 Å². The predicted molar refractivity (Wildman–Crippen MR) is 83.9 cm³/mol. The minimum absolute atomic E-state index is 0.0629. The molecule has 0 bridgehead atoms. The number of carbonyl (C=O) groups is 2. The smallest absolute Gasteiger partial charge is 0.406 e. The molecule has 2 aliphatic rings. The van der Waals surface area contributed by atoms with Gasteiger partial charge in [-0.25, -0.2) is 0 Å². The van der Waals surface area contributed by atoms with Crippen molar-refractivity contribution in [3.63, 3.8) is 0 Å². The van der Waals surface area contributed by atoms with E-state index in [9.17, 15) is 22.8 Å². The standard InChI is InChI=1S/C17H26F3NO4/c1-3-13(25-12-6-4-5-11(2)9-12)14(22)21-8-7-16(10-21,15(23)24)17(18,19)20/h11-13H,3-10H2,1-2H3,(H,23,24). The second-order valence-corrected chi connectivity index (χ2v) is 7.32. The highest BCUT2D eigenvalue weighted by Gasteiger charge is 2.64. The molecule has 4 unspecified atom stereocenters. The summed E-state index contributed by atoms with van der Waals surface area (Å²) in [5, 5.41) is 9.10. The Kier molecular flexibility index (Phi) is 6.01. The molecule has 0 aromatic heterocycles. The maximum absolute atomic E-state index is 13.3. The second-order valence-electron chi connectivity index (χ2n) is 7.32. The predicted octanol–water partition coefficient (Wildman–Crippen LogP) is 3.23. The van der Waals surface area contributed by atoms with Crippen molar-refractivity contribution in [2.75, 3.05) is 13.1 Å². The van der Waals surface area contributed by atoms with Crippen molar-refractivity contribution in [2.24, 2.45) is 11.3 Å². The molecule has 8 heteroatoms. The molecule has 2 rings (SSSR count). The molecule has 0 aromatic rings. The number of carboxylic acids is 1. The largest absolute Gasteiger partial charge is 0.481 e. The Morgan fingerprint density at radius 3 is 2.52 bits per heavy atom. The molecule has 2 fully saturated rings. The van der Waals surface area contributed by atoms with Gasteiger partial charge in [-0.15, -0.1) is 0 Å². The minimum atomic E-state index is -4.89. The fraction of sp³-hybridized carbons (Fsp3) is 0.882. The highest BCUT2D eigenvalue weighted by molar-refractivity contribution is 5.84. The van der Waals surface area contributed by atoms with Gasteiger partial charge >= 0.3 is 12.1 Å². The highest BCUT2D eigenvalue weighted by atomic mass is 19.4. The Bertz CT molecular complexity index is 511. The van der Waals surface area contributed by atoms with E-state index >= 15 is 0 Å². The van der Waals surface area contributed by atoms with Crippen LogP contribution in [0, 0.1) is 11.3 Å². The number of likely N-dealkylation sites (tertiary alicyclic amines) is 1. The van der Waals surface area contributed by atoms with Crippen LogP contribution in [0.4, 0.5) is 13.2 Å². The number of carboxylic acid groups (broad SMARTS) is 1. The maximum Gasteiger partial charge on any atom is 0.406 e. The molecule has 1 saturated heterocycles. The molecule has 144 valence electrons. The maximum atomic E-state index is 13.3. The zero-order valence-corrected chi connectivity index (χ0v) is 14.6. The van der Waals surface area contributed by atoms with E-state index < -0.39 is 42.5 Å². The van der Waals surface area contributed by atoms with Crippen molar-refractivity contribution >= 4 is 11.9 Å². The summed E-state index contributed by atoms with van der Waals surface area (Å²) in [6.45, 7) is 2.81. The van der Waals surface area contributed by atoms with Gasteiger partial charge in [0.1, 0.15) is 6.10 Å². The molecule has 1 aliphatic heterocycles. The quantitative estimate of drug-likeness (QED) is 0.812. The summed E-state index contributed by atoms with van der Waals surface area (Å²) in [7, 11) is 0. The fourth-order valence-corrected chi connectivity index (χ4v) is 3.79. The first-order chi connectivity index (χ1) is 11.6. The van der Waals surface area contributed by atoms with Gasteiger partial charge in [0.15, 0.2) is 5.41 Å². The van der Waals surface area contributed by atoms with Crippen LogP contribution in [0.1, 0.15) is 52.4 Å². The van der Waals surface area contributed by atoms with Gasteiger partial charge < -0.3 is 14.7 Å². The van der Waals surface area contributed by atoms with E-state index in [-0.39, 0.29) is 12.6 Å². The average Bonchev–Trinajstić information content (AvgIpc) is 2.98. The summed E-state index contributed by atoms with van der Waals surface area (Å²) in [6, 6.07) is 0. The van der Waals surface area contributed by atoms with Crippen LogP contribution in [-0.2, 0) is 14.3 Å². The summed E-state index contributed by atoms with van der Waals surface area (Å²) in [5.41, 5.74) is -2.87. The van der Waals surface area contributed by atoms with Gasteiger partial charge in [-0.05, 0) is 31.6 Å². The minimum Gasteiger partial charge on any atom is -0.481 e. The Labute approximate surface area is 145 Å². The van der Waals surface area contributed by atoms with E-state index in [2.05, 4.69) is 6.92 Å². The summed E-state index contributed by atoms with van der Waals surface area (Å²) < 4.78 is 45.6. The van der Waals surface area contributed by atoms with Crippen LogP contribution in [0.5, 0.6) is 0 Å². The Morgan fingerprint density at radius 1 is 1.36 bits per heavy atom. The summed E-state index contributed by atoms with van der Waals surface area (Å²) >= 11 is 0. The topological polar surface area (TPSA) is 66.8 Å². The molecule has 0 aromatic carbocycles. The number of carbonyl (C=O) groups excluding carboxylic acids is 1.